The number of carbonyl (C=O) groups is 2. The molecule has 1 amide bonds. The van der Waals surface area contributed by atoms with Crippen molar-refractivity contribution in [3.8, 4) is 0 Å². The van der Waals surface area contributed by atoms with Gasteiger partial charge in [-0.1, -0.05) is 0 Å². The molecule has 100 valence electrons. The minimum atomic E-state index is -3.18. The lowest BCUT2D eigenvalue weighted by molar-refractivity contribution is -0.136. The standard InChI is InChI=1S/C9H12N2O5S2/c1-18(15,16)3-2-7(12)11-9-10-6(5-17-9)4-8(13)14/h5H,2-4H2,1H3,(H,13,14)(H,10,11,12). The summed E-state index contributed by atoms with van der Waals surface area (Å²) in [7, 11) is -3.18. The normalized spacial score (nSPS) is 11.2. The highest BCUT2D eigenvalue weighted by Gasteiger charge is 2.11. The molecular weight excluding hydrogens is 280 g/mol. The predicted molar refractivity (Wildman–Crippen MR) is 66.4 cm³/mol. The van der Waals surface area contributed by atoms with Crippen LogP contribution in [0.1, 0.15) is 12.1 Å². The topological polar surface area (TPSA) is 113 Å². The van der Waals surface area contributed by atoms with Crippen LogP contribution in [-0.2, 0) is 25.8 Å². The largest absolute Gasteiger partial charge is 0.481 e. The average molecular weight is 292 g/mol. The molecular formula is C9H12N2O5S2. The summed E-state index contributed by atoms with van der Waals surface area (Å²) in [5, 5.41) is 12.8. The molecule has 0 aliphatic rings. The molecule has 0 bridgehead atoms. The van der Waals surface area contributed by atoms with Gasteiger partial charge in [0.1, 0.15) is 9.84 Å². The van der Waals surface area contributed by atoms with Crippen LogP contribution >= 0.6 is 11.3 Å². The van der Waals surface area contributed by atoms with Crippen molar-refractivity contribution in [2.45, 2.75) is 12.8 Å². The number of anilines is 1. The maximum Gasteiger partial charge on any atom is 0.309 e. The van der Waals surface area contributed by atoms with E-state index < -0.39 is 21.7 Å². The molecule has 1 rings (SSSR count). The molecule has 1 heterocycles. The molecule has 2 N–H and O–H groups in total. The van der Waals surface area contributed by atoms with Crippen LogP contribution in [0.4, 0.5) is 5.13 Å². The first kappa shape index (κ1) is 14.6. The highest BCUT2D eigenvalue weighted by Crippen LogP contribution is 2.16. The summed E-state index contributed by atoms with van der Waals surface area (Å²) in [5.41, 5.74) is 0.353. The maximum atomic E-state index is 11.4. The molecule has 0 atom stereocenters. The first-order valence-electron chi connectivity index (χ1n) is 4.90. The number of hydrogen-bond donors (Lipinski definition) is 2. The number of amides is 1. The summed E-state index contributed by atoms with van der Waals surface area (Å²) in [6, 6.07) is 0. The van der Waals surface area contributed by atoms with E-state index in [1.165, 1.54) is 5.38 Å². The lowest BCUT2D eigenvalue weighted by Crippen LogP contribution is -2.16. The van der Waals surface area contributed by atoms with Gasteiger partial charge in [-0.15, -0.1) is 11.3 Å². The molecule has 0 unspecified atom stereocenters. The predicted octanol–water partition coefficient (Wildman–Crippen LogP) is 0.143. The molecule has 18 heavy (non-hydrogen) atoms. The number of sulfone groups is 1. The second-order valence-corrected chi connectivity index (χ2v) is 6.76. The molecule has 0 fully saturated rings. The molecule has 0 aliphatic heterocycles. The summed E-state index contributed by atoms with van der Waals surface area (Å²) in [6.07, 6.45) is 0.691. The monoisotopic (exact) mass is 292 g/mol. The highest BCUT2D eigenvalue weighted by molar-refractivity contribution is 7.90. The fourth-order valence-electron chi connectivity index (χ4n) is 1.06. The maximum absolute atomic E-state index is 11.4. The van der Waals surface area contributed by atoms with E-state index >= 15 is 0 Å². The van der Waals surface area contributed by atoms with E-state index in [1.54, 1.807) is 0 Å². The molecule has 0 aliphatic carbocycles. The summed E-state index contributed by atoms with van der Waals surface area (Å²) in [4.78, 5) is 25.7. The van der Waals surface area contributed by atoms with Crippen LogP contribution in [0.2, 0.25) is 0 Å². The lowest BCUT2D eigenvalue weighted by Gasteiger charge is -2.00. The van der Waals surface area contributed by atoms with E-state index in [2.05, 4.69) is 10.3 Å². The molecule has 0 radical (unpaired) electrons. The van der Waals surface area contributed by atoms with E-state index in [1.807, 2.05) is 0 Å². The van der Waals surface area contributed by atoms with Gasteiger partial charge in [0.25, 0.3) is 0 Å². The van der Waals surface area contributed by atoms with Gasteiger partial charge in [0.15, 0.2) is 5.13 Å². The first-order chi connectivity index (χ1) is 8.26. The second kappa shape index (κ2) is 5.91. The van der Waals surface area contributed by atoms with Gasteiger partial charge in [0, 0.05) is 18.1 Å². The molecule has 1 aromatic rings. The molecule has 0 saturated heterocycles. The van der Waals surface area contributed by atoms with Crippen molar-refractivity contribution in [2.75, 3.05) is 17.3 Å². The molecule has 0 saturated carbocycles. The van der Waals surface area contributed by atoms with E-state index in [0.29, 0.717) is 5.69 Å². The van der Waals surface area contributed by atoms with Crippen molar-refractivity contribution in [2.24, 2.45) is 0 Å². The van der Waals surface area contributed by atoms with Crippen LogP contribution in [0.25, 0.3) is 0 Å². The Hall–Kier alpha value is -1.48. The fraction of sp³-hybridized carbons (Fsp3) is 0.444. The van der Waals surface area contributed by atoms with E-state index in [-0.39, 0.29) is 23.7 Å². The van der Waals surface area contributed by atoms with Crippen molar-refractivity contribution >= 4 is 38.2 Å². The van der Waals surface area contributed by atoms with Gasteiger partial charge in [-0.05, 0) is 0 Å². The third-order valence-corrected chi connectivity index (χ3v) is 3.58. The van der Waals surface area contributed by atoms with Gasteiger partial charge < -0.3 is 10.4 Å². The first-order valence-corrected chi connectivity index (χ1v) is 7.84. The Morgan fingerprint density at radius 1 is 1.50 bits per heavy atom. The number of carboxylic acid groups (broad SMARTS) is 1. The number of hydrogen-bond acceptors (Lipinski definition) is 6. The third-order valence-electron chi connectivity index (χ3n) is 1.83. The van der Waals surface area contributed by atoms with Gasteiger partial charge >= 0.3 is 5.97 Å². The number of nitrogens with zero attached hydrogens (tertiary/aromatic N) is 1. The molecule has 0 aromatic carbocycles. The zero-order valence-electron chi connectivity index (χ0n) is 9.54. The Labute approximate surface area is 108 Å². The summed E-state index contributed by atoms with van der Waals surface area (Å²) < 4.78 is 21.7. The molecule has 1 aromatic heterocycles. The van der Waals surface area contributed by atoms with Crippen molar-refractivity contribution in [3.63, 3.8) is 0 Å². The SMILES string of the molecule is CS(=O)(=O)CCC(=O)Nc1nc(CC(=O)O)cs1. The Balaban J connectivity index is 2.49. The summed E-state index contributed by atoms with van der Waals surface area (Å²) in [5.74, 6) is -1.70. The van der Waals surface area contributed by atoms with E-state index in [0.717, 1.165) is 17.6 Å². The number of rotatable bonds is 6. The minimum absolute atomic E-state index is 0.146. The quantitative estimate of drug-likeness (QED) is 0.771. The minimum Gasteiger partial charge on any atom is -0.481 e. The van der Waals surface area contributed by atoms with Crippen LogP contribution in [-0.4, -0.2) is 42.4 Å². The van der Waals surface area contributed by atoms with Gasteiger partial charge in [-0.3, -0.25) is 9.59 Å². The number of carboxylic acids is 1. The van der Waals surface area contributed by atoms with Crippen molar-refractivity contribution < 1.29 is 23.1 Å². The Kier molecular flexibility index (Phi) is 4.79. The fourth-order valence-corrected chi connectivity index (χ4v) is 2.34. The average Bonchev–Trinajstić information content (AvgIpc) is 2.60. The van der Waals surface area contributed by atoms with Gasteiger partial charge in [0.2, 0.25) is 5.91 Å². The van der Waals surface area contributed by atoms with E-state index in [4.69, 9.17) is 5.11 Å². The van der Waals surface area contributed by atoms with Crippen LogP contribution in [0, 0.1) is 0 Å². The highest BCUT2D eigenvalue weighted by atomic mass is 32.2. The number of aliphatic carboxylic acids is 1. The Morgan fingerprint density at radius 3 is 2.72 bits per heavy atom. The second-order valence-electron chi connectivity index (χ2n) is 3.64. The Bertz CT molecular complexity index is 549. The molecule has 0 spiro atoms. The van der Waals surface area contributed by atoms with Crippen molar-refractivity contribution in [1.82, 2.24) is 4.98 Å². The summed E-state index contributed by atoms with van der Waals surface area (Å²) >= 11 is 1.10. The van der Waals surface area contributed by atoms with Crippen LogP contribution in [0.15, 0.2) is 5.38 Å². The zero-order chi connectivity index (χ0) is 13.8. The van der Waals surface area contributed by atoms with Crippen molar-refractivity contribution in [1.29, 1.82) is 0 Å². The van der Waals surface area contributed by atoms with Crippen LogP contribution in [0.5, 0.6) is 0 Å². The number of aromatic nitrogens is 1. The smallest absolute Gasteiger partial charge is 0.309 e. The van der Waals surface area contributed by atoms with Gasteiger partial charge in [-0.25, -0.2) is 13.4 Å². The number of carbonyl (C=O) groups excluding carboxylic acids is 1. The number of thiazole rings is 1. The molecule has 7 nitrogen and oxygen atoms in total. The van der Waals surface area contributed by atoms with Crippen LogP contribution < -0.4 is 5.32 Å². The van der Waals surface area contributed by atoms with Crippen molar-refractivity contribution in [3.05, 3.63) is 11.1 Å². The van der Waals surface area contributed by atoms with E-state index in [9.17, 15) is 18.0 Å². The van der Waals surface area contributed by atoms with Crippen LogP contribution in [0.3, 0.4) is 0 Å². The van der Waals surface area contributed by atoms with Gasteiger partial charge in [0.05, 0.1) is 17.9 Å². The number of nitrogens with one attached hydrogen (secondary N) is 1. The Morgan fingerprint density at radius 2 is 2.17 bits per heavy atom. The van der Waals surface area contributed by atoms with Gasteiger partial charge in [-0.2, -0.15) is 0 Å². The molecule has 9 heteroatoms. The third kappa shape index (κ3) is 5.73. The lowest BCUT2D eigenvalue weighted by atomic mass is 10.3. The summed E-state index contributed by atoms with van der Waals surface area (Å²) in [6.45, 7) is 0. The zero-order valence-corrected chi connectivity index (χ0v) is 11.2.